The van der Waals surface area contributed by atoms with E-state index < -0.39 is 0 Å². The van der Waals surface area contributed by atoms with Gasteiger partial charge in [0.25, 0.3) is 0 Å². The summed E-state index contributed by atoms with van der Waals surface area (Å²) in [7, 11) is 3.36. The van der Waals surface area contributed by atoms with Gasteiger partial charge in [-0.3, -0.25) is 0 Å². The van der Waals surface area contributed by atoms with Crippen LogP contribution >= 0.6 is 11.3 Å². The van der Waals surface area contributed by atoms with E-state index in [0.717, 1.165) is 45.2 Å². The normalized spacial score (nSPS) is 10.7. The van der Waals surface area contributed by atoms with Crippen molar-refractivity contribution < 1.29 is 9.47 Å². The molecule has 0 saturated carbocycles. The van der Waals surface area contributed by atoms with Gasteiger partial charge < -0.3 is 14.8 Å². The molecule has 3 rings (SSSR count). The van der Waals surface area contributed by atoms with Crippen molar-refractivity contribution in [3.63, 3.8) is 0 Å². The zero-order valence-electron chi connectivity index (χ0n) is 12.8. The summed E-state index contributed by atoms with van der Waals surface area (Å²) in [6.07, 6.45) is 0. The van der Waals surface area contributed by atoms with E-state index in [0.29, 0.717) is 0 Å². The largest absolute Gasteiger partial charge is 0.497 e. The van der Waals surface area contributed by atoms with E-state index in [1.54, 1.807) is 25.6 Å². The van der Waals surface area contributed by atoms with E-state index in [4.69, 9.17) is 9.47 Å². The minimum Gasteiger partial charge on any atom is -0.497 e. The van der Waals surface area contributed by atoms with Crippen LogP contribution in [0.3, 0.4) is 0 Å². The smallest absolute Gasteiger partial charge is 0.183 e. The molecule has 1 N–H and O–H groups in total. The molecule has 2 aromatic carbocycles. The third-order valence-electron chi connectivity index (χ3n) is 3.47. The van der Waals surface area contributed by atoms with Gasteiger partial charge in [0.05, 0.1) is 19.9 Å². The van der Waals surface area contributed by atoms with Crippen molar-refractivity contribution in [2.24, 2.45) is 0 Å². The number of anilines is 1. The Morgan fingerprint density at radius 1 is 1.14 bits per heavy atom. The second-order valence-corrected chi connectivity index (χ2v) is 5.69. The maximum atomic E-state index is 5.54. The Hall–Kier alpha value is -2.27. The fraction of sp³-hybridized carbons (Fsp3) is 0.235. The number of thiazole rings is 1. The number of methoxy groups -OCH3 is 2. The Morgan fingerprint density at radius 3 is 2.73 bits per heavy atom. The summed E-state index contributed by atoms with van der Waals surface area (Å²) in [5.41, 5.74) is 1.99. The molecular weight excluding hydrogens is 296 g/mol. The Kier molecular flexibility index (Phi) is 4.15. The van der Waals surface area contributed by atoms with Crippen molar-refractivity contribution in [1.29, 1.82) is 0 Å². The molecule has 0 aliphatic rings. The van der Waals surface area contributed by atoms with Crippen LogP contribution in [0.4, 0.5) is 5.13 Å². The van der Waals surface area contributed by atoms with E-state index in [1.807, 2.05) is 24.3 Å². The Morgan fingerprint density at radius 2 is 2.00 bits per heavy atom. The highest BCUT2D eigenvalue weighted by Gasteiger charge is 2.10. The molecule has 0 aliphatic heterocycles. The molecule has 4 nitrogen and oxygen atoms in total. The highest BCUT2D eigenvalue weighted by molar-refractivity contribution is 7.14. The number of hydrogen-bond acceptors (Lipinski definition) is 5. The summed E-state index contributed by atoms with van der Waals surface area (Å²) < 4.78 is 10.8. The molecule has 0 unspecified atom stereocenters. The first-order chi connectivity index (χ1) is 10.7. The monoisotopic (exact) mass is 314 g/mol. The number of fused-ring (bicyclic) bond motifs is 1. The lowest BCUT2D eigenvalue weighted by Crippen LogP contribution is -1.95. The number of nitrogens with one attached hydrogen (secondary N) is 1. The van der Waals surface area contributed by atoms with Crippen LogP contribution in [-0.4, -0.2) is 25.7 Å². The first kappa shape index (κ1) is 14.7. The second-order valence-electron chi connectivity index (χ2n) is 4.83. The van der Waals surface area contributed by atoms with Crippen molar-refractivity contribution in [2.75, 3.05) is 26.1 Å². The minimum absolute atomic E-state index is 0.832. The lowest BCUT2D eigenvalue weighted by Gasteiger charge is -2.09. The van der Waals surface area contributed by atoms with Crippen LogP contribution in [0.1, 0.15) is 6.92 Å². The molecule has 0 bridgehead atoms. The highest BCUT2D eigenvalue weighted by Crippen LogP contribution is 2.35. The maximum absolute atomic E-state index is 5.54. The van der Waals surface area contributed by atoms with Gasteiger partial charge in [-0.1, -0.05) is 0 Å². The SMILES string of the molecule is CCNc1nc(-c2cc(OC)c3ccc(OC)cc3c2)cs1. The number of nitrogens with zero attached hydrogens (tertiary/aromatic N) is 1. The van der Waals surface area contributed by atoms with Crippen molar-refractivity contribution in [2.45, 2.75) is 6.92 Å². The van der Waals surface area contributed by atoms with Crippen molar-refractivity contribution >= 4 is 27.2 Å². The van der Waals surface area contributed by atoms with Crippen LogP contribution in [0.25, 0.3) is 22.0 Å². The Balaban J connectivity index is 2.12. The van der Waals surface area contributed by atoms with E-state index in [9.17, 15) is 0 Å². The van der Waals surface area contributed by atoms with Crippen LogP contribution in [0, 0.1) is 0 Å². The standard InChI is InChI=1S/C17H18N2O2S/c1-4-18-17-19-15(10-22-17)12-7-11-8-13(20-2)5-6-14(11)16(9-12)21-3/h5-10H,4H2,1-3H3,(H,18,19). The summed E-state index contributed by atoms with van der Waals surface area (Å²) in [5, 5.41) is 8.36. The summed E-state index contributed by atoms with van der Waals surface area (Å²) in [6.45, 7) is 2.93. The van der Waals surface area contributed by atoms with Gasteiger partial charge in [-0.05, 0) is 42.6 Å². The van der Waals surface area contributed by atoms with E-state index >= 15 is 0 Å². The minimum atomic E-state index is 0.832. The number of hydrogen-bond donors (Lipinski definition) is 1. The van der Waals surface area contributed by atoms with Crippen molar-refractivity contribution in [3.8, 4) is 22.8 Å². The average molecular weight is 314 g/mol. The molecule has 0 aliphatic carbocycles. The van der Waals surface area contributed by atoms with E-state index in [2.05, 4.69) is 28.7 Å². The third kappa shape index (κ3) is 2.72. The topological polar surface area (TPSA) is 43.4 Å². The molecular formula is C17H18N2O2S. The van der Waals surface area contributed by atoms with Crippen LogP contribution < -0.4 is 14.8 Å². The molecule has 0 saturated heterocycles. The fourth-order valence-corrected chi connectivity index (χ4v) is 3.19. The molecule has 0 spiro atoms. The molecule has 0 amide bonds. The average Bonchev–Trinajstić information content (AvgIpc) is 3.02. The Labute approximate surface area is 133 Å². The number of aromatic nitrogens is 1. The van der Waals surface area contributed by atoms with Gasteiger partial charge in [0, 0.05) is 22.9 Å². The van der Waals surface area contributed by atoms with Crippen LogP contribution in [-0.2, 0) is 0 Å². The van der Waals surface area contributed by atoms with Gasteiger partial charge in [-0.2, -0.15) is 0 Å². The van der Waals surface area contributed by atoms with Crippen LogP contribution in [0.5, 0.6) is 11.5 Å². The molecule has 1 aromatic heterocycles. The summed E-state index contributed by atoms with van der Waals surface area (Å²) in [5.74, 6) is 1.67. The summed E-state index contributed by atoms with van der Waals surface area (Å²) >= 11 is 1.61. The van der Waals surface area contributed by atoms with Crippen molar-refractivity contribution in [1.82, 2.24) is 4.98 Å². The molecule has 114 valence electrons. The van der Waals surface area contributed by atoms with Crippen LogP contribution in [0.2, 0.25) is 0 Å². The predicted octanol–water partition coefficient (Wildman–Crippen LogP) is 4.41. The zero-order chi connectivity index (χ0) is 15.5. The van der Waals surface area contributed by atoms with Gasteiger partial charge in [-0.15, -0.1) is 11.3 Å². The number of benzene rings is 2. The zero-order valence-corrected chi connectivity index (χ0v) is 13.7. The van der Waals surface area contributed by atoms with Gasteiger partial charge >= 0.3 is 0 Å². The van der Waals surface area contributed by atoms with Gasteiger partial charge in [0.2, 0.25) is 0 Å². The lowest BCUT2D eigenvalue weighted by molar-refractivity contribution is 0.414. The summed E-state index contributed by atoms with van der Waals surface area (Å²) in [6, 6.07) is 10.1. The molecule has 3 aromatic rings. The molecule has 0 atom stereocenters. The van der Waals surface area contributed by atoms with Gasteiger partial charge in [0.1, 0.15) is 11.5 Å². The van der Waals surface area contributed by atoms with Crippen LogP contribution in [0.15, 0.2) is 35.7 Å². The number of ether oxygens (including phenoxy) is 2. The fourth-order valence-electron chi connectivity index (χ4n) is 2.40. The highest BCUT2D eigenvalue weighted by atomic mass is 32.1. The predicted molar refractivity (Wildman–Crippen MR) is 92.3 cm³/mol. The molecule has 5 heteroatoms. The summed E-state index contributed by atoms with van der Waals surface area (Å²) in [4.78, 5) is 4.62. The second kappa shape index (κ2) is 6.23. The third-order valence-corrected chi connectivity index (χ3v) is 4.27. The van der Waals surface area contributed by atoms with Gasteiger partial charge in [0.15, 0.2) is 5.13 Å². The quantitative estimate of drug-likeness (QED) is 0.757. The molecule has 1 heterocycles. The molecule has 22 heavy (non-hydrogen) atoms. The molecule has 0 radical (unpaired) electrons. The van der Waals surface area contributed by atoms with E-state index in [-0.39, 0.29) is 0 Å². The lowest BCUT2D eigenvalue weighted by atomic mass is 10.0. The van der Waals surface area contributed by atoms with Gasteiger partial charge in [-0.25, -0.2) is 4.98 Å². The maximum Gasteiger partial charge on any atom is 0.183 e. The van der Waals surface area contributed by atoms with Crippen molar-refractivity contribution in [3.05, 3.63) is 35.7 Å². The number of rotatable bonds is 5. The first-order valence-corrected chi connectivity index (χ1v) is 7.98. The molecule has 0 fully saturated rings. The Bertz CT molecular complexity index is 798. The first-order valence-electron chi connectivity index (χ1n) is 7.10. The van der Waals surface area contributed by atoms with E-state index in [1.165, 1.54) is 0 Å².